The van der Waals surface area contributed by atoms with Gasteiger partial charge in [-0.05, 0) is 38.1 Å². The van der Waals surface area contributed by atoms with Gasteiger partial charge in [-0.15, -0.1) is 0 Å². The maximum Gasteiger partial charge on any atom is 0.221 e. The Kier molecular flexibility index (Phi) is 4.22. The number of nitrogens with zero attached hydrogens (tertiary/aromatic N) is 1. The van der Waals surface area contributed by atoms with Crippen molar-refractivity contribution in [2.45, 2.75) is 44.9 Å². The molecule has 1 unspecified atom stereocenters. The number of hydrogen-bond acceptors (Lipinski definition) is 2. The van der Waals surface area contributed by atoms with E-state index in [1.165, 1.54) is 45.2 Å². The van der Waals surface area contributed by atoms with Crippen molar-refractivity contribution in [1.29, 1.82) is 0 Å². The van der Waals surface area contributed by atoms with Gasteiger partial charge in [0.15, 0.2) is 0 Å². The van der Waals surface area contributed by atoms with E-state index in [-0.39, 0.29) is 11.8 Å². The van der Waals surface area contributed by atoms with Crippen molar-refractivity contribution >= 4 is 5.91 Å². The topological polar surface area (TPSA) is 46.3 Å². The van der Waals surface area contributed by atoms with Crippen molar-refractivity contribution in [3.63, 3.8) is 0 Å². The van der Waals surface area contributed by atoms with Crippen molar-refractivity contribution in [2.24, 2.45) is 17.6 Å². The molecule has 2 fully saturated rings. The number of likely N-dealkylation sites (tertiary alicyclic amines) is 1. The van der Waals surface area contributed by atoms with E-state index in [0.29, 0.717) is 0 Å². The Bertz CT molecular complexity index is 236. The fourth-order valence-corrected chi connectivity index (χ4v) is 3.19. The summed E-state index contributed by atoms with van der Waals surface area (Å²) < 4.78 is 0. The van der Waals surface area contributed by atoms with Crippen molar-refractivity contribution in [2.75, 3.05) is 19.6 Å². The first-order chi connectivity index (χ1) is 7.75. The fraction of sp³-hybridized carbons (Fsp3) is 0.923. The minimum absolute atomic E-state index is 0.103. The second-order valence-electron chi connectivity index (χ2n) is 5.51. The molecule has 1 atom stereocenters. The van der Waals surface area contributed by atoms with E-state index in [1.807, 2.05) is 0 Å². The zero-order valence-corrected chi connectivity index (χ0v) is 10.2. The van der Waals surface area contributed by atoms with Crippen LogP contribution in [0.3, 0.4) is 0 Å². The van der Waals surface area contributed by atoms with Gasteiger partial charge in [0.1, 0.15) is 0 Å². The van der Waals surface area contributed by atoms with Crippen LogP contribution in [0.2, 0.25) is 0 Å². The zero-order chi connectivity index (χ0) is 11.4. The van der Waals surface area contributed by atoms with Gasteiger partial charge in [0.05, 0.1) is 5.92 Å². The molecule has 3 heteroatoms. The average molecular weight is 224 g/mol. The number of carbonyl (C=O) groups is 1. The van der Waals surface area contributed by atoms with Crippen molar-refractivity contribution in [3.8, 4) is 0 Å². The van der Waals surface area contributed by atoms with Gasteiger partial charge in [-0.3, -0.25) is 4.79 Å². The summed E-state index contributed by atoms with van der Waals surface area (Å²) in [5.41, 5.74) is 5.40. The summed E-state index contributed by atoms with van der Waals surface area (Å²) in [6, 6.07) is 0. The number of carbonyl (C=O) groups excluding carboxylic acids is 1. The van der Waals surface area contributed by atoms with Crippen LogP contribution >= 0.6 is 0 Å². The predicted octanol–water partition coefficient (Wildman–Crippen LogP) is 1.76. The molecule has 3 nitrogen and oxygen atoms in total. The largest absolute Gasteiger partial charge is 0.369 e. The second kappa shape index (κ2) is 5.67. The quantitative estimate of drug-likeness (QED) is 0.794. The lowest BCUT2D eigenvalue weighted by atomic mass is 9.88. The third-order valence-electron chi connectivity index (χ3n) is 4.15. The Labute approximate surface area is 98.4 Å². The van der Waals surface area contributed by atoms with E-state index in [1.54, 1.807) is 0 Å². The molecule has 2 rings (SSSR count). The summed E-state index contributed by atoms with van der Waals surface area (Å²) in [5, 5.41) is 0. The van der Waals surface area contributed by atoms with Crippen LogP contribution in [0.15, 0.2) is 0 Å². The summed E-state index contributed by atoms with van der Waals surface area (Å²) in [7, 11) is 0. The molecule has 1 aliphatic heterocycles. The van der Waals surface area contributed by atoms with Gasteiger partial charge in [-0.1, -0.05) is 19.3 Å². The van der Waals surface area contributed by atoms with Gasteiger partial charge in [0.25, 0.3) is 0 Å². The number of hydrogen-bond donors (Lipinski definition) is 1. The molecule has 92 valence electrons. The molecule has 16 heavy (non-hydrogen) atoms. The number of amides is 1. The molecule has 0 bridgehead atoms. The van der Waals surface area contributed by atoms with Gasteiger partial charge < -0.3 is 10.6 Å². The van der Waals surface area contributed by atoms with E-state index in [4.69, 9.17) is 5.73 Å². The highest BCUT2D eigenvalue weighted by Gasteiger charge is 2.25. The van der Waals surface area contributed by atoms with Crippen molar-refractivity contribution < 1.29 is 4.79 Å². The highest BCUT2D eigenvalue weighted by molar-refractivity contribution is 5.76. The van der Waals surface area contributed by atoms with Crippen LogP contribution in [0.5, 0.6) is 0 Å². The first-order valence-corrected chi connectivity index (χ1v) is 6.77. The minimum Gasteiger partial charge on any atom is -0.369 e. The molecule has 0 radical (unpaired) electrons. The summed E-state index contributed by atoms with van der Waals surface area (Å²) >= 11 is 0. The van der Waals surface area contributed by atoms with Crippen LogP contribution in [-0.2, 0) is 4.79 Å². The highest BCUT2D eigenvalue weighted by atomic mass is 16.1. The molecule has 2 N–H and O–H groups in total. The van der Waals surface area contributed by atoms with Crippen LogP contribution in [0, 0.1) is 11.8 Å². The van der Waals surface area contributed by atoms with Crippen LogP contribution in [0.4, 0.5) is 0 Å². The summed E-state index contributed by atoms with van der Waals surface area (Å²) in [6.45, 7) is 3.27. The van der Waals surface area contributed by atoms with Gasteiger partial charge in [-0.2, -0.15) is 0 Å². The van der Waals surface area contributed by atoms with E-state index < -0.39 is 0 Å². The third kappa shape index (κ3) is 3.21. The second-order valence-corrected chi connectivity index (χ2v) is 5.51. The third-order valence-corrected chi connectivity index (χ3v) is 4.15. The highest BCUT2D eigenvalue weighted by Crippen LogP contribution is 2.26. The van der Waals surface area contributed by atoms with Gasteiger partial charge in [0.2, 0.25) is 5.91 Å². The van der Waals surface area contributed by atoms with E-state index >= 15 is 0 Å². The Morgan fingerprint density at radius 2 is 1.88 bits per heavy atom. The fourth-order valence-electron chi connectivity index (χ4n) is 3.19. The molecule has 0 aromatic heterocycles. The molecule has 1 saturated heterocycles. The molecule has 1 heterocycles. The van der Waals surface area contributed by atoms with Crippen LogP contribution in [0.25, 0.3) is 0 Å². The minimum atomic E-state index is -0.103. The zero-order valence-electron chi connectivity index (χ0n) is 10.2. The Morgan fingerprint density at radius 3 is 2.56 bits per heavy atom. The smallest absolute Gasteiger partial charge is 0.221 e. The first-order valence-electron chi connectivity index (χ1n) is 6.77. The number of nitrogens with two attached hydrogens (primary N) is 1. The lowest BCUT2D eigenvalue weighted by Crippen LogP contribution is -2.43. The summed E-state index contributed by atoms with van der Waals surface area (Å²) in [4.78, 5) is 13.7. The number of piperidine rings is 1. The van der Waals surface area contributed by atoms with Crippen molar-refractivity contribution in [3.05, 3.63) is 0 Å². The van der Waals surface area contributed by atoms with Gasteiger partial charge in [-0.25, -0.2) is 0 Å². The summed E-state index contributed by atoms with van der Waals surface area (Å²) in [6.07, 6.45) is 9.13. The van der Waals surface area contributed by atoms with Crippen LogP contribution in [-0.4, -0.2) is 30.4 Å². The van der Waals surface area contributed by atoms with E-state index in [9.17, 15) is 4.79 Å². The van der Waals surface area contributed by atoms with Crippen molar-refractivity contribution in [1.82, 2.24) is 4.90 Å². The maximum absolute atomic E-state index is 11.2. The molecular formula is C13H24N2O. The number of primary amides is 1. The molecule has 0 spiro atoms. The molecule has 0 aromatic carbocycles. The molecular weight excluding hydrogens is 200 g/mol. The van der Waals surface area contributed by atoms with E-state index in [2.05, 4.69) is 4.90 Å². The molecule has 0 aromatic rings. The summed E-state index contributed by atoms with van der Waals surface area (Å²) in [5.74, 6) is 0.881. The predicted molar refractivity (Wildman–Crippen MR) is 64.9 cm³/mol. The monoisotopic (exact) mass is 224 g/mol. The van der Waals surface area contributed by atoms with E-state index in [0.717, 1.165) is 25.3 Å². The van der Waals surface area contributed by atoms with Crippen LogP contribution < -0.4 is 5.73 Å². The number of rotatable bonds is 3. The van der Waals surface area contributed by atoms with Gasteiger partial charge >= 0.3 is 0 Å². The Balaban J connectivity index is 1.78. The lowest BCUT2D eigenvalue weighted by molar-refractivity contribution is -0.123. The lowest BCUT2D eigenvalue weighted by Gasteiger charge is -2.34. The standard InChI is InChI=1S/C13H24N2O/c14-13(16)12-7-4-8-15(10-12)9-11-5-2-1-3-6-11/h11-12H,1-10H2,(H2,14,16). The first kappa shape index (κ1) is 11.9. The average Bonchev–Trinajstić information content (AvgIpc) is 2.30. The van der Waals surface area contributed by atoms with Gasteiger partial charge in [0, 0.05) is 13.1 Å². The maximum atomic E-state index is 11.2. The Morgan fingerprint density at radius 1 is 1.12 bits per heavy atom. The molecule has 2 aliphatic rings. The molecule has 1 saturated carbocycles. The molecule has 1 aliphatic carbocycles. The normalized spacial score (nSPS) is 29.1. The SMILES string of the molecule is NC(=O)C1CCCN(CC2CCCCC2)C1. The molecule has 1 amide bonds. The Hall–Kier alpha value is -0.570. The van der Waals surface area contributed by atoms with Crippen LogP contribution in [0.1, 0.15) is 44.9 Å².